The van der Waals surface area contributed by atoms with Crippen LogP contribution in [0.1, 0.15) is 27.9 Å². The zero-order chi connectivity index (χ0) is 15.4. The van der Waals surface area contributed by atoms with E-state index in [4.69, 9.17) is 4.42 Å². The minimum atomic E-state index is -0.523. The van der Waals surface area contributed by atoms with Crippen molar-refractivity contribution in [1.82, 2.24) is 10.2 Å². The summed E-state index contributed by atoms with van der Waals surface area (Å²) in [4.78, 5) is 14.0. The molecular weight excluding hydrogens is 271 g/mol. The predicted molar refractivity (Wildman–Crippen MR) is 78.6 cm³/mol. The summed E-state index contributed by atoms with van der Waals surface area (Å²) in [5, 5.41) is 2.75. The lowest BCUT2D eigenvalue weighted by Crippen LogP contribution is -2.34. The molecule has 2 rings (SSSR count). The smallest absolute Gasteiger partial charge is 0.254 e. The number of likely N-dealkylation sites (N-methyl/N-ethyl adjacent to an activating group) is 1. The largest absolute Gasteiger partial charge is 0.465 e. The Kier molecular flexibility index (Phi) is 4.75. The van der Waals surface area contributed by atoms with Crippen LogP contribution in [0.15, 0.2) is 40.8 Å². The molecule has 0 aliphatic heterocycles. The third-order valence-corrected chi connectivity index (χ3v) is 3.29. The van der Waals surface area contributed by atoms with Gasteiger partial charge in [0.1, 0.15) is 17.3 Å². The topological polar surface area (TPSA) is 45.5 Å². The molecule has 0 fully saturated rings. The van der Waals surface area contributed by atoms with Crippen molar-refractivity contribution in [2.45, 2.75) is 13.0 Å². The Morgan fingerprint density at radius 3 is 2.57 bits per heavy atom. The molecule has 1 heterocycles. The molecular formula is C16H19FN2O2. The van der Waals surface area contributed by atoms with Crippen LogP contribution in [-0.4, -0.2) is 31.4 Å². The first-order valence-electron chi connectivity index (χ1n) is 6.74. The lowest BCUT2D eigenvalue weighted by atomic mass is 10.1. The SMILES string of the molecule is Cc1ccc(C(CNC(=O)c2ccccc2F)N(C)C)o1. The van der Waals surface area contributed by atoms with Gasteiger partial charge < -0.3 is 9.73 Å². The fourth-order valence-corrected chi connectivity index (χ4v) is 2.10. The zero-order valence-corrected chi connectivity index (χ0v) is 12.4. The second-order valence-electron chi connectivity index (χ2n) is 5.12. The standard InChI is InChI=1S/C16H19FN2O2/c1-11-8-9-15(21-11)14(19(2)3)10-18-16(20)12-6-4-5-7-13(12)17/h4-9,14H,10H2,1-3H3,(H,18,20). The van der Waals surface area contributed by atoms with Gasteiger partial charge in [-0.05, 0) is 45.3 Å². The molecule has 1 aromatic heterocycles. The first kappa shape index (κ1) is 15.3. The van der Waals surface area contributed by atoms with Gasteiger partial charge in [0.15, 0.2) is 0 Å². The van der Waals surface area contributed by atoms with E-state index in [1.807, 2.05) is 38.1 Å². The van der Waals surface area contributed by atoms with Gasteiger partial charge in [-0.2, -0.15) is 0 Å². The Hall–Kier alpha value is -2.14. The number of carbonyl (C=O) groups excluding carboxylic acids is 1. The lowest BCUT2D eigenvalue weighted by molar-refractivity contribution is 0.0935. The van der Waals surface area contributed by atoms with E-state index in [0.29, 0.717) is 6.54 Å². The molecule has 5 heteroatoms. The van der Waals surface area contributed by atoms with Crippen molar-refractivity contribution in [2.75, 3.05) is 20.6 Å². The molecule has 0 bridgehead atoms. The van der Waals surface area contributed by atoms with E-state index < -0.39 is 11.7 Å². The maximum Gasteiger partial charge on any atom is 0.254 e. The fraction of sp³-hybridized carbons (Fsp3) is 0.312. The molecule has 0 saturated carbocycles. The maximum atomic E-state index is 13.6. The van der Waals surface area contributed by atoms with Gasteiger partial charge in [0.05, 0.1) is 11.6 Å². The van der Waals surface area contributed by atoms with Crippen molar-refractivity contribution in [3.8, 4) is 0 Å². The number of benzene rings is 1. The number of carbonyl (C=O) groups is 1. The average molecular weight is 290 g/mol. The quantitative estimate of drug-likeness (QED) is 0.921. The van der Waals surface area contributed by atoms with Crippen molar-refractivity contribution in [3.05, 3.63) is 59.3 Å². The maximum absolute atomic E-state index is 13.6. The van der Waals surface area contributed by atoms with Crippen LogP contribution in [0.2, 0.25) is 0 Å². The van der Waals surface area contributed by atoms with Gasteiger partial charge >= 0.3 is 0 Å². The van der Waals surface area contributed by atoms with Crippen molar-refractivity contribution >= 4 is 5.91 Å². The monoisotopic (exact) mass is 290 g/mol. The highest BCUT2D eigenvalue weighted by molar-refractivity contribution is 5.94. The van der Waals surface area contributed by atoms with Crippen LogP contribution in [0.3, 0.4) is 0 Å². The summed E-state index contributed by atoms with van der Waals surface area (Å²) in [6.07, 6.45) is 0. The van der Waals surface area contributed by atoms with Crippen LogP contribution in [0.25, 0.3) is 0 Å². The summed E-state index contributed by atoms with van der Waals surface area (Å²) in [6, 6.07) is 9.59. The van der Waals surface area contributed by atoms with Crippen LogP contribution in [-0.2, 0) is 0 Å². The van der Waals surface area contributed by atoms with E-state index in [2.05, 4.69) is 5.32 Å². The number of halogens is 1. The van der Waals surface area contributed by atoms with Crippen LogP contribution >= 0.6 is 0 Å². The molecule has 112 valence electrons. The molecule has 0 aliphatic rings. The summed E-state index contributed by atoms with van der Waals surface area (Å²) < 4.78 is 19.2. The van der Waals surface area contributed by atoms with Crippen LogP contribution in [0.5, 0.6) is 0 Å². The summed E-state index contributed by atoms with van der Waals surface area (Å²) >= 11 is 0. The van der Waals surface area contributed by atoms with E-state index in [1.54, 1.807) is 12.1 Å². The predicted octanol–water partition coefficient (Wildman–Crippen LogP) is 2.76. The third-order valence-electron chi connectivity index (χ3n) is 3.29. The number of aryl methyl sites for hydroxylation is 1. The van der Waals surface area contributed by atoms with E-state index in [-0.39, 0.29) is 11.6 Å². The number of hydrogen-bond donors (Lipinski definition) is 1. The Balaban J connectivity index is 2.06. The molecule has 4 nitrogen and oxygen atoms in total. The number of rotatable bonds is 5. The minimum Gasteiger partial charge on any atom is -0.465 e. The molecule has 0 saturated heterocycles. The van der Waals surface area contributed by atoms with Crippen molar-refractivity contribution < 1.29 is 13.6 Å². The van der Waals surface area contributed by atoms with Gasteiger partial charge in [-0.15, -0.1) is 0 Å². The molecule has 1 N–H and O–H groups in total. The van der Waals surface area contributed by atoms with Gasteiger partial charge in [0, 0.05) is 6.54 Å². The molecule has 1 atom stereocenters. The van der Waals surface area contributed by atoms with Gasteiger partial charge in [-0.1, -0.05) is 12.1 Å². The molecule has 1 amide bonds. The molecule has 1 unspecified atom stereocenters. The summed E-state index contributed by atoms with van der Waals surface area (Å²) in [6.45, 7) is 2.21. The molecule has 1 aromatic carbocycles. The number of amides is 1. The van der Waals surface area contributed by atoms with E-state index >= 15 is 0 Å². The molecule has 21 heavy (non-hydrogen) atoms. The van der Waals surface area contributed by atoms with Crippen molar-refractivity contribution in [1.29, 1.82) is 0 Å². The van der Waals surface area contributed by atoms with Crippen LogP contribution < -0.4 is 5.32 Å². The van der Waals surface area contributed by atoms with Crippen molar-refractivity contribution in [3.63, 3.8) is 0 Å². The van der Waals surface area contributed by atoms with Crippen LogP contribution in [0, 0.1) is 12.7 Å². The Morgan fingerprint density at radius 2 is 2.00 bits per heavy atom. The van der Waals surface area contributed by atoms with Gasteiger partial charge in [0.25, 0.3) is 5.91 Å². The zero-order valence-electron chi connectivity index (χ0n) is 12.4. The highest BCUT2D eigenvalue weighted by atomic mass is 19.1. The second-order valence-corrected chi connectivity index (χ2v) is 5.12. The number of hydrogen-bond acceptors (Lipinski definition) is 3. The Labute approximate surface area is 123 Å². The van der Waals surface area contributed by atoms with Crippen molar-refractivity contribution in [2.24, 2.45) is 0 Å². The normalized spacial score (nSPS) is 12.4. The number of nitrogens with one attached hydrogen (secondary N) is 1. The fourth-order valence-electron chi connectivity index (χ4n) is 2.10. The van der Waals surface area contributed by atoms with Gasteiger partial charge in [-0.25, -0.2) is 4.39 Å². The van der Waals surface area contributed by atoms with E-state index in [0.717, 1.165) is 11.5 Å². The molecule has 0 aliphatic carbocycles. The first-order chi connectivity index (χ1) is 9.99. The lowest BCUT2D eigenvalue weighted by Gasteiger charge is -2.22. The summed E-state index contributed by atoms with van der Waals surface area (Å²) in [5.74, 6) is 0.636. The van der Waals surface area contributed by atoms with E-state index in [1.165, 1.54) is 12.1 Å². The van der Waals surface area contributed by atoms with E-state index in [9.17, 15) is 9.18 Å². The van der Waals surface area contributed by atoms with Gasteiger partial charge in [0.2, 0.25) is 0 Å². The average Bonchev–Trinajstić information content (AvgIpc) is 2.85. The Bertz CT molecular complexity index is 622. The molecule has 2 aromatic rings. The highest BCUT2D eigenvalue weighted by Crippen LogP contribution is 2.20. The molecule has 0 radical (unpaired) electrons. The summed E-state index contributed by atoms with van der Waals surface area (Å²) in [7, 11) is 3.80. The highest BCUT2D eigenvalue weighted by Gasteiger charge is 2.19. The number of furan rings is 1. The second kappa shape index (κ2) is 6.54. The number of nitrogens with zero attached hydrogens (tertiary/aromatic N) is 1. The third kappa shape index (κ3) is 3.70. The summed E-state index contributed by atoms with van der Waals surface area (Å²) in [5.41, 5.74) is 0.0469. The Morgan fingerprint density at radius 1 is 1.29 bits per heavy atom. The van der Waals surface area contributed by atoms with Gasteiger partial charge in [-0.3, -0.25) is 9.69 Å². The molecule has 0 spiro atoms. The minimum absolute atomic E-state index is 0.0469. The first-order valence-corrected chi connectivity index (χ1v) is 6.74. The van der Waals surface area contributed by atoms with Crippen LogP contribution in [0.4, 0.5) is 4.39 Å².